The Bertz CT molecular complexity index is 415. The van der Waals surface area contributed by atoms with Gasteiger partial charge in [0.25, 0.3) is 0 Å². The maximum Gasteiger partial charge on any atom is 0.227 e. The molecule has 0 radical (unpaired) electrons. The Labute approximate surface area is 104 Å². The van der Waals surface area contributed by atoms with Crippen molar-refractivity contribution in [1.82, 2.24) is 0 Å². The summed E-state index contributed by atoms with van der Waals surface area (Å²) in [5.41, 5.74) is 7.14. The third-order valence-corrected chi connectivity index (χ3v) is 3.73. The highest BCUT2D eigenvalue weighted by atomic mass is 79.9. The van der Waals surface area contributed by atoms with Crippen molar-refractivity contribution in [3.63, 3.8) is 0 Å². The van der Waals surface area contributed by atoms with Gasteiger partial charge in [-0.2, -0.15) is 0 Å². The van der Waals surface area contributed by atoms with E-state index < -0.39 is 0 Å². The molecule has 1 saturated carbocycles. The lowest BCUT2D eigenvalue weighted by Gasteiger charge is -2.11. The molecule has 1 aliphatic carbocycles. The SMILES string of the molecule is CC(C(=O)Nc1ccc(Br)c(N)c1)C1CC1. The van der Waals surface area contributed by atoms with Gasteiger partial charge in [-0.15, -0.1) is 0 Å². The summed E-state index contributed by atoms with van der Waals surface area (Å²) < 4.78 is 0.848. The topological polar surface area (TPSA) is 55.1 Å². The van der Waals surface area contributed by atoms with Gasteiger partial charge in [0.15, 0.2) is 0 Å². The molecular formula is C12H15BrN2O. The molecule has 0 aromatic heterocycles. The number of hydrogen-bond acceptors (Lipinski definition) is 2. The summed E-state index contributed by atoms with van der Waals surface area (Å²) in [7, 11) is 0. The Morgan fingerprint density at radius 2 is 2.25 bits per heavy atom. The minimum absolute atomic E-state index is 0.0872. The minimum Gasteiger partial charge on any atom is -0.398 e. The van der Waals surface area contributed by atoms with Crippen LogP contribution >= 0.6 is 15.9 Å². The van der Waals surface area contributed by atoms with Crippen molar-refractivity contribution in [2.24, 2.45) is 11.8 Å². The molecule has 1 unspecified atom stereocenters. The first-order chi connectivity index (χ1) is 7.58. The maximum atomic E-state index is 11.8. The highest BCUT2D eigenvalue weighted by molar-refractivity contribution is 9.10. The van der Waals surface area contributed by atoms with Crippen LogP contribution < -0.4 is 11.1 Å². The fourth-order valence-corrected chi connectivity index (χ4v) is 1.93. The summed E-state index contributed by atoms with van der Waals surface area (Å²) in [6.07, 6.45) is 2.36. The summed E-state index contributed by atoms with van der Waals surface area (Å²) in [4.78, 5) is 11.8. The smallest absolute Gasteiger partial charge is 0.227 e. The normalized spacial score (nSPS) is 16.9. The first-order valence-corrected chi connectivity index (χ1v) is 6.23. The van der Waals surface area contributed by atoms with Crippen molar-refractivity contribution in [2.45, 2.75) is 19.8 Å². The lowest BCUT2D eigenvalue weighted by atomic mass is 10.1. The van der Waals surface area contributed by atoms with Crippen LogP contribution in [0.25, 0.3) is 0 Å². The van der Waals surface area contributed by atoms with E-state index in [1.54, 1.807) is 6.07 Å². The van der Waals surface area contributed by atoms with Gasteiger partial charge in [-0.25, -0.2) is 0 Å². The highest BCUT2D eigenvalue weighted by Gasteiger charge is 2.32. The number of benzene rings is 1. The Morgan fingerprint density at radius 1 is 1.56 bits per heavy atom. The zero-order valence-corrected chi connectivity index (χ0v) is 10.8. The number of halogens is 1. The second-order valence-electron chi connectivity index (χ2n) is 4.35. The van der Waals surface area contributed by atoms with E-state index in [1.807, 2.05) is 19.1 Å². The molecule has 0 saturated heterocycles. The second-order valence-corrected chi connectivity index (χ2v) is 5.21. The summed E-state index contributed by atoms with van der Waals surface area (Å²) in [6, 6.07) is 5.45. The van der Waals surface area contributed by atoms with Crippen molar-refractivity contribution < 1.29 is 4.79 Å². The minimum atomic E-state index is 0.0872. The second kappa shape index (κ2) is 4.45. The molecule has 16 heavy (non-hydrogen) atoms. The average Bonchev–Trinajstić information content (AvgIpc) is 3.06. The van der Waals surface area contributed by atoms with Crippen molar-refractivity contribution in [1.29, 1.82) is 0 Å². The van der Waals surface area contributed by atoms with Gasteiger partial charge < -0.3 is 11.1 Å². The Kier molecular flexibility index (Phi) is 3.19. The van der Waals surface area contributed by atoms with Crippen LogP contribution in [0, 0.1) is 11.8 Å². The van der Waals surface area contributed by atoms with Gasteiger partial charge in [0.05, 0.1) is 0 Å². The summed E-state index contributed by atoms with van der Waals surface area (Å²) >= 11 is 3.32. The highest BCUT2D eigenvalue weighted by Crippen LogP contribution is 2.37. The van der Waals surface area contributed by atoms with Gasteiger partial charge in [0.2, 0.25) is 5.91 Å². The predicted octanol–water partition coefficient (Wildman–Crippen LogP) is 3.02. The third-order valence-electron chi connectivity index (χ3n) is 3.01. The van der Waals surface area contributed by atoms with E-state index in [1.165, 1.54) is 12.8 Å². The molecule has 1 fully saturated rings. The molecule has 86 valence electrons. The van der Waals surface area contributed by atoms with Crippen molar-refractivity contribution >= 4 is 33.2 Å². The molecule has 4 heteroatoms. The van der Waals surface area contributed by atoms with Gasteiger partial charge in [-0.3, -0.25) is 4.79 Å². The number of nitrogen functional groups attached to an aromatic ring is 1. The molecule has 1 aromatic carbocycles. The summed E-state index contributed by atoms with van der Waals surface area (Å²) in [5.74, 6) is 0.766. The van der Waals surface area contributed by atoms with E-state index in [0.29, 0.717) is 11.6 Å². The summed E-state index contributed by atoms with van der Waals surface area (Å²) in [6.45, 7) is 1.98. The molecule has 2 rings (SSSR count). The van der Waals surface area contributed by atoms with Gasteiger partial charge in [0.1, 0.15) is 0 Å². The first kappa shape index (κ1) is 11.5. The molecule has 1 atom stereocenters. The molecule has 0 bridgehead atoms. The number of carbonyl (C=O) groups excluding carboxylic acids is 1. The fourth-order valence-electron chi connectivity index (χ4n) is 1.69. The van der Waals surface area contributed by atoms with E-state index in [2.05, 4.69) is 21.2 Å². The van der Waals surface area contributed by atoms with Crippen LogP contribution in [-0.4, -0.2) is 5.91 Å². The van der Waals surface area contributed by atoms with E-state index >= 15 is 0 Å². The van der Waals surface area contributed by atoms with Gasteiger partial charge in [0, 0.05) is 21.8 Å². The van der Waals surface area contributed by atoms with Crippen LogP contribution in [-0.2, 0) is 4.79 Å². The molecule has 0 aliphatic heterocycles. The van der Waals surface area contributed by atoms with E-state index in [-0.39, 0.29) is 11.8 Å². The Hall–Kier alpha value is -1.03. The lowest BCUT2D eigenvalue weighted by Crippen LogP contribution is -2.21. The molecule has 3 N–H and O–H groups in total. The van der Waals surface area contributed by atoms with Crippen molar-refractivity contribution in [2.75, 3.05) is 11.1 Å². The number of carbonyl (C=O) groups is 1. The monoisotopic (exact) mass is 282 g/mol. The number of nitrogens with two attached hydrogens (primary N) is 1. The number of nitrogens with one attached hydrogen (secondary N) is 1. The molecular weight excluding hydrogens is 268 g/mol. The Morgan fingerprint density at radius 3 is 2.81 bits per heavy atom. The number of hydrogen-bond donors (Lipinski definition) is 2. The van der Waals surface area contributed by atoms with Crippen LogP contribution in [0.1, 0.15) is 19.8 Å². The standard InChI is InChI=1S/C12H15BrN2O/c1-7(8-2-3-8)12(16)15-9-4-5-10(13)11(14)6-9/h4-8H,2-3,14H2,1H3,(H,15,16). The number of anilines is 2. The number of rotatable bonds is 3. The quantitative estimate of drug-likeness (QED) is 0.838. The fraction of sp³-hybridized carbons (Fsp3) is 0.417. The van der Waals surface area contributed by atoms with Crippen LogP contribution in [0.15, 0.2) is 22.7 Å². The molecule has 1 aromatic rings. The maximum absolute atomic E-state index is 11.8. The average molecular weight is 283 g/mol. The van der Waals surface area contributed by atoms with Crippen LogP contribution in [0.3, 0.4) is 0 Å². The Balaban J connectivity index is 2.02. The third kappa shape index (κ3) is 2.55. The predicted molar refractivity (Wildman–Crippen MR) is 69.1 cm³/mol. The zero-order chi connectivity index (χ0) is 11.7. The van der Waals surface area contributed by atoms with Gasteiger partial charge in [-0.1, -0.05) is 6.92 Å². The molecule has 1 aliphatic rings. The van der Waals surface area contributed by atoms with Crippen LogP contribution in [0.5, 0.6) is 0 Å². The molecule has 1 amide bonds. The molecule has 0 heterocycles. The molecule has 3 nitrogen and oxygen atoms in total. The zero-order valence-electron chi connectivity index (χ0n) is 9.16. The van der Waals surface area contributed by atoms with E-state index in [4.69, 9.17) is 5.73 Å². The van der Waals surface area contributed by atoms with Crippen molar-refractivity contribution in [3.8, 4) is 0 Å². The van der Waals surface area contributed by atoms with E-state index in [0.717, 1.165) is 10.2 Å². The largest absolute Gasteiger partial charge is 0.398 e. The number of amides is 1. The summed E-state index contributed by atoms with van der Waals surface area (Å²) in [5, 5.41) is 2.89. The first-order valence-electron chi connectivity index (χ1n) is 5.44. The molecule has 0 spiro atoms. The van der Waals surface area contributed by atoms with Crippen LogP contribution in [0.4, 0.5) is 11.4 Å². The van der Waals surface area contributed by atoms with Gasteiger partial charge >= 0.3 is 0 Å². The van der Waals surface area contributed by atoms with E-state index in [9.17, 15) is 4.79 Å². The lowest BCUT2D eigenvalue weighted by molar-refractivity contribution is -0.119. The van der Waals surface area contributed by atoms with Crippen molar-refractivity contribution in [3.05, 3.63) is 22.7 Å². The van der Waals surface area contributed by atoms with Gasteiger partial charge in [-0.05, 0) is 52.9 Å². The van der Waals surface area contributed by atoms with Crippen LogP contribution in [0.2, 0.25) is 0 Å².